The maximum atomic E-state index is 2.25. The standard InChI is InChI=1S/C15H23N/c1-7-12(2)16(6)14-11-9-8-10-13(14)15(3,4)5/h7-11H,1-6H3/b12-7+. The van der Waals surface area contributed by atoms with Crippen LogP contribution in [0.5, 0.6) is 0 Å². The normalized spacial score (nSPS) is 12.8. The molecule has 0 fully saturated rings. The van der Waals surface area contributed by atoms with Crippen molar-refractivity contribution in [1.82, 2.24) is 0 Å². The number of nitrogens with zero attached hydrogens (tertiary/aromatic N) is 1. The molecule has 0 aliphatic heterocycles. The second-order valence-electron chi connectivity index (χ2n) is 5.26. The van der Waals surface area contributed by atoms with E-state index in [1.807, 2.05) is 0 Å². The Morgan fingerprint density at radius 3 is 2.25 bits per heavy atom. The summed E-state index contributed by atoms with van der Waals surface area (Å²) in [6.45, 7) is 11.0. The van der Waals surface area contributed by atoms with E-state index in [4.69, 9.17) is 0 Å². The van der Waals surface area contributed by atoms with Crippen LogP contribution in [0.4, 0.5) is 5.69 Å². The molecule has 1 aromatic carbocycles. The summed E-state index contributed by atoms with van der Waals surface area (Å²) in [5, 5.41) is 0. The van der Waals surface area contributed by atoms with Gasteiger partial charge < -0.3 is 4.90 Å². The van der Waals surface area contributed by atoms with E-state index in [0.29, 0.717) is 0 Å². The van der Waals surface area contributed by atoms with Gasteiger partial charge in [0.15, 0.2) is 0 Å². The first kappa shape index (κ1) is 12.8. The van der Waals surface area contributed by atoms with Gasteiger partial charge in [-0.25, -0.2) is 0 Å². The molecule has 0 spiro atoms. The van der Waals surface area contributed by atoms with Crippen molar-refractivity contribution in [1.29, 1.82) is 0 Å². The fourth-order valence-corrected chi connectivity index (χ4v) is 1.78. The van der Waals surface area contributed by atoms with Crippen LogP contribution >= 0.6 is 0 Å². The van der Waals surface area contributed by atoms with E-state index < -0.39 is 0 Å². The van der Waals surface area contributed by atoms with Gasteiger partial charge >= 0.3 is 0 Å². The van der Waals surface area contributed by atoms with Gasteiger partial charge in [-0.1, -0.05) is 45.0 Å². The van der Waals surface area contributed by atoms with Crippen LogP contribution in [0.1, 0.15) is 40.2 Å². The zero-order chi connectivity index (χ0) is 12.3. The lowest BCUT2D eigenvalue weighted by molar-refractivity contribution is 0.590. The quantitative estimate of drug-likeness (QED) is 0.712. The predicted molar refractivity (Wildman–Crippen MR) is 73.0 cm³/mol. The number of anilines is 1. The van der Waals surface area contributed by atoms with Crippen LogP contribution in [0.3, 0.4) is 0 Å². The van der Waals surface area contributed by atoms with Crippen LogP contribution in [-0.4, -0.2) is 7.05 Å². The topological polar surface area (TPSA) is 3.24 Å². The Bertz CT molecular complexity index is 383. The maximum Gasteiger partial charge on any atom is 0.0443 e. The summed E-state index contributed by atoms with van der Waals surface area (Å²) in [7, 11) is 2.12. The summed E-state index contributed by atoms with van der Waals surface area (Å²) in [5.74, 6) is 0. The first-order valence-electron chi connectivity index (χ1n) is 5.84. The van der Waals surface area contributed by atoms with Crippen molar-refractivity contribution in [3.05, 3.63) is 41.6 Å². The van der Waals surface area contributed by atoms with Gasteiger partial charge in [0.1, 0.15) is 0 Å². The molecule has 88 valence electrons. The van der Waals surface area contributed by atoms with Crippen molar-refractivity contribution in [2.45, 2.75) is 40.0 Å². The van der Waals surface area contributed by atoms with E-state index in [2.05, 4.69) is 76.9 Å². The van der Waals surface area contributed by atoms with Gasteiger partial charge in [0.05, 0.1) is 0 Å². The largest absolute Gasteiger partial charge is 0.349 e. The molecular formula is C15H23N. The van der Waals surface area contributed by atoms with Crippen molar-refractivity contribution in [2.75, 3.05) is 11.9 Å². The molecule has 0 N–H and O–H groups in total. The monoisotopic (exact) mass is 217 g/mol. The zero-order valence-electron chi connectivity index (χ0n) is 11.3. The van der Waals surface area contributed by atoms with Gasteiger partial charge in [-0.3, -0.25) is 0 Å². The van der Waals surface area contributed by atoms with E-state index in [9.17, 15) is 0 Å². The van der Waals surface area contributed by atoms with Crippen LogP contribution in [0.15, 0.2) is 36.0 Å². The third-order valence-electron chi connectivity index (χ3n) is 3.02. The first-order valence-corrected chi connectivity index (χ1v) is 5.84. The van der Waals surface area contributed by atoms with Crippen LogP contribution < -0.4 is 4.90 Å². The highest BCUT2D eigenvalue weighted by Crippen LogP contribution is 2.32. The molecule has 0 bridgehead atoms. The Labute approximate surface area is 99.8 Å². The minimum atomic E-state index is 0.179. The van der Waals surface area contributed by atoms with Crippen molar-refractivity contribution >= 4 is 5.69 Å². The summed E-state index contributed by atoms with van der Waals surface area (Å²) in [5.41, 5.74) is 4.14. The Kier molecular flexibility index (Phi) is 3.79. The minimum absolute atomic E-state index is 0.179. The Morgan fingerprint density at radius 2 is 1.75 bits per heavy atom. The molecule has 0 saturated carbocycles. The predicted octanol–water partition coefficient (Wildman–Crippen LogP) is 4.34. The fourth-order valence-electron chi connectivity index (χ4n) is 1.78. The minimum Gasteiger partial charge on any atom is -0.349 e. The Balaban J connectivity index is 3.24. The maximum absolute atomic E-state index is 2.25. The third kappa shape index (κ3) is 2.66. The molecule has 0 aromatic heterocycles. The van der Waals surface area contributed by atoms with E-state index in [1.54, 1.807) is 0 Å². The number of hydrogen-bond donors (Lipinski definition) is 0. The molecule has 1 aromatic rings. The number of para-hydroxylation sites is 1. The Morgan fingerprint density at radius 1 is 1.19 bits per heavy atom. The van der Waals surface area contributed by atoms with E-state index in [-0.39, 0.29) is 5.41 Å². The average Bonchev–Trinajstić information content (AvgIpc) is 2.26. The summed E-state index contributed by atoms with van der Waals surface area (Å²) in [6, 6.07) is 8.62. The summed E-state index contributed by atoms with van der Waals surface area (Å²) < 4.78 is 0. The second-order valence-corrected chi connectivity index (χ2v) is 5.26. The van der Waals surface area contributed by atoms with Crippen LogP contribution in [-0.2, 0) is 5.41 Å². The van der Waals surface area contributed by atoms with E-state index in [0.717, 1.165) is 0 Å². The molecule has 0 amide bonds. The summed E-state index contributed by atoms with van der Waals surface area (Å²) in [4.78, 5) is 2.25. The van der Waals surface area contributed by atoms with E-state index in [1.165, 1.54) is 16.9 Å². The van der Waals surface area contributed by atoms with Gasteiger partial charge in [0.2, 0.25) is 0 Å². The highest BCUT2D eigenvalue weighted by Gasteiger charge is 2.19. The summed E-state index contributed by atoms with van der Waals surface area (Å²) >= 11 is 0. The lowest BCUT2D eigenvalue weighted by Gasteiger charge is -2.29. The highest BCUT2D eigenvalue weighted by atomic mass is 15.1. The highest BCUT2D eigenvalue weighted by molar-refractivity contribution is 5.59. The number of rotatable bonds is 2. The molecule has 16 heavy (non-hydrogen) atoms. The molecule has 0 heterocycles. The van der Waals surface area contributed by atoms with Gasteiger partial charge in [0.25, 0.3) is 0 Å². The molecule has 1 heteroatoms. The molecule has 1 nitrogen and oxygen atoms in total. The van der Waals surface area contributed by atoms with Crippen LogP contribution in [0.2, 0.25) is 0 Å². The van der Waals surface area contributed by atoms with Crippen LogP contribution in [0.25, 0.3) is 0 Å². The molecule has 0 radical (unpaired) electrons. The molecule has 0 atom stereocenters. The lowest BCUT2D eigenvalue weighted by Crippen LogP contribution is -2.21. The van der Waals surface area contributed by atoms with E-state index >= 15 is 0 Å². The third-order valence-corrected chi connectivity index (χ3v) is 3.02. The van der Waals surface area contributed by atoms with Crippen molar-refractivity contribution in [3.63, 3.8) is 0 Å². The molecule has 1 rings (SSSR count). The van der Waals surface area contributed by atoms with Crippen molar-refractivity contribution < 1.29 is 0 Å². The average molecular weight is 217 g/mol. The SMILES string of the molecule is C/C=C(\C)N(C)c1ccccc1C(C)(C)C. The summed E-state index contributed by atoms with van der Waals surface area (Å²) in [6.07, 6.45) is 2.14. The van der Waals surface area contributed by atoms with Gasteiger partial charge in [-0.2, -0.15) is 0 Å². The van der Waals surface area contributed by atoms with Crippen LogP contribution in [0, 0.1) is 0 Å². The zero-order valence-corrected chi connectivity index (χ0v) is 11.3. The Hall–Kier alpha value is -1.24. The number of benzene rings is 1. The smallest absolute Gasteiger partial charge is 0.0443 e. The van der Waals surface area contributed by atoms with Gasteiger partial charge in [-0.15, -0.1) is 0 Å². The lowest BCUT2D eigenvalue weighted by atomic mass is 9.85. The van der Waals surface area contributed by atoms with Crippen molar-refractivity contribution in [2.24, 2.45) is 0 Å². The molecule has 0 saturated heterocycles. The number of allylic oxidation sites excluding steroid dienone is 2. The molecular weight excluding hydrogens is 194 g/mol. The second kappa shape index (κ2) is 4.73. The molecule has 0 aliphatic rings. The fraction of sp³-hybridized carbons (Fsp3) is 0.467. The first-order chi connectivity index (χ1) is 7.38. The molecule has 0 aliphatic carbocycles. The van der Waals surface area contributed by atoms with Crippen molar-refractivity contribution in [3.8, 4) is 0 Å². The van der Waals surface area contributed by atoms with Gasteiger partial charge in [-0.05, 0) is 30.9 Å². The molecule has 0 unspecified atom stereocenters. The van der Waals surface area contributed by atoms with Gasteiger partial charge in [0, 0.05) is 18.4 Å². The number of hydrogen-bond acceptors (Lipinski definition) is 1.